The van der Waals surface area contributed by atoms with Crippen LogP contribution in [-0.2, 0) is 14.3 Å². The van der Waals surface area contributed by atoms with Crippen LogP contribution in [0.5, 0.6) is 0 Å². The maximum Gasteiger partial charge on any atom is 0.259 e. The molecule has 0 bridgehead atoms. The van der Waals surface area contributed by atoms with Gasteiger partial charge in [0.05, 0.1) is 0 Å². The van der Waals surface area contributed by atoms with E-state index in [1.807, 2.05) is 4.90 Å². The van der Waals surface area contributed by atoms with Gasteiger partial charge in [-0.25, -0.2) is 0 Å². The van der Waals surface area contributed by atoms with Gasteiger partial charge in [0, 0.05) is 20.2 Å². The van der Waals surface area contributed by atoms with Crippen LogP contribution in [0.1, 0.15) is 25.7 Å². The van der Waals surface area contributed by atoms with E-state index in [0.717, 1.165) is 38.8 Å². The summed E-state index contributed by atoms with van der Waals surface area (Å²) in [4.78, 5) is 16.6. The van der Waals surface area contributed by atoms with Gasteiger partial charge in [-0.2, -0.15) is 0 Å². The third kappa shape index (κ3) is 1.60. The first-order valence-electron chi connectivity index (χ1n) is 6.38. The molecule has 96 valence electrons. The van der Waals surface area contributed by atoms with E-state index < -0.39 is 5.60 Å². The molecule has 1 amide bonds. The van der Waals surface area contributed by atoms with Gasteiger partial charge in [0.25, 0.3) is 5.91 Å². The van der Waals surface area contributed by atoms with Crippen molar-refractivity contribution in [3.63, 3.8) is 0 Å². The highest BCUT2D eigenvalue weighted by Gasteiger charge is 2.57. The van der Waals surface area contributed by atoms with Crippen molar-refractivity contribution in [3.05, 3.63) is 0 Å². The van der Waals surface area contributed by atoms with Crippen LogP contribution in [0.4, 0.5) is 0 Å². The van der Waals surface area contributed by atoms with E-state index >= 15 is 0 Å². The molecule has 0 radical (unpaired) electrons. The quantitative estimate of drug-likeness (QED) is 0.665. The number of carbonyl (C=O) groups excluding carboxylic acids is 1. The van der Waals surface area contributed by atoms with Gasteiger partial charge in [-0.05, 0) is 32.7 Å². The number of ether oxygens (including phenoxy) is 2. The van der Waals surface area contributed by atoms with E-state index in [1.165, 1.54) is 0 Å². The summed E-state index contributed by atoms with van der Waals surface area (Å²) in [6, 6.07) is 0. The average molecular weight is 240 g/mol. The van der Waals surface area contributed by atoms with Crippen molar-refractivity contribution in [2.24, 2.45) is 0 Å². The molecular weight excluding hydrogens is 220 g/mol. The van der Waals surface area contributed by atoms with Gasteiger partial charge in [0.15, 0.2) is 5.60 Å². The lowest BCUT2D eigenvalue weighted by molar-refractivity contribution is -0.146. The van der Waals surface area contributed by atoms with Gasteiger partial charge >= 0.3 is 0 Å². The van der Waals surface area contributed by atoms with Gasteiger partial charge in [-0.15, -0.1) is 0 Å². The second kappa shape index (κ2) is 3.93. The Morgan fingerprint density at radius 3 is 2.71 bits per heavy atom. The largest absolute Gasteiger partial charge is 0.361 e. The highest BCUT2D eigenvalue weighted by atomic mass is 16.6. The normalized spacial score (nSPS) is 36.8. The number of amides is 1. The molecule has 0 saturated carbocycles. The van der Waals surface area contributed by atoms with Crippen LogP contribution in [0.15, 0.2) is 0 Å². The van der Waals surface area contributed by atoms with Crippen LogP contribution in [0.25, 0.3) is 0 Å². The summed E-state index contributed by atoms with van der Waals surface area (Å²) in [5.74, 6) is 0.153. The van der Waals surface area contributed by atoms with Gasteiger partial charge in [-0.1, -0.05) is 0 Å². The van der Waals surface area contributed by atoms with Crippen molar-refractivity contribution >= 4 is 5.91 Å². The molecule has 0 N–H and O–H groups in total. The minimum absolute atomic E-state index is 0.0455. The summed E-state index contributed by atoms with van der Waals surface area (Å²) in [5, 5.41) is 0. The van der Waals surface area contributed by atoms with Gasteiger partial charge in [0.2, 0.25) is 0 Å². The monoisotopic (exact) mass is 240 g/mol. The topological polar surface area (TPSA) is 42.0 Å². The van der Waals surface area contributed by atoms with Crippen molar-refractivity contribution < 1.29 is 14.3 Å². The van der Waals surface area contributed by atoms with E-state index in [-0.39, 0.29) is 18.4 Å². The number of methoxy groups -OCH3 is 1. The highest BCUT2D eigenvalue weighted by molar-refractivity contribution is 5.87. The first kappa shape index (κ1) is 11.4. The molecule has 3 saturated heterocycles. The summed E-state index contributed by atoms with van der Waals surface area (Å²) in [5.41, 5.74) is -0.547. The number of carbonyl (C=O) groups is 1. The molecule has 2 atom stereocenters. The lowest BCUT2D eigenvalue weighted by atomic mass is 9.90. The molecule has 5 heteroatoms. The Labute approximate surface area is 102 Å². The molecule has 0 aromatic rings. The summed E-state index contributed by atoms with van der Waals surface area (Å²) >= 11 is 0. The second-order valence-electron chi connectivity index (χ2n) is 5.35. The third-order valence-electron chi connectivity index (χ3n) is 4.33. The number of piperidine rings is 1. The molecule has 2 unspecified atom stereocenters. The Morgan fingerprint density at radius 2 is 2.06 bits per heavy atom. The minimum Gasteiger partial charge on any atom is -0.361 e. The second-order valence-corrected chi connectivity index (χ2v) is 5.35. The predicted molar refractivity (Wildman–Crippen MR) is 61.2 cm³/mol. The van der Waals surface area contributed by atoms with Crippen LogP contribution in [-0.4, -0.2) is 61.0 Å². The van der Waals surface area contributed by atoms with Crippen LogP contribution >= 0.6 is 0 Å². The van der Waals surface area contributed by atoms with Gasteiger partial charge < -0.3 is 14.4 Å². The average Bonchev–Trinajstić information content (AvgIpc) is 2.84. The van der Waals surface area contributed by atoms with Crippen LogP contribution in [0.2, 0.25) is 0 Å². The zero-order chi connectivity index (χ0) is 12.0. The first-order valence-corrected chi connectivity index (χ1v) is 6.38. The number of fused-ring (bicyclic) bond motifs is 1. The Bertz CT molecular complexity index is 326. The smallest absolute Gasteiger partial charge is 0.259 e. The molecule has 3 fully saturated rings. The number of hydrogen-bond donors (Lipinski definition) is 0. The SMILES string of the molecule is COC1CCC2OC3(CCN(C)CC3)C(=O)N12. The molecule has 3 aliphatic rings. The van der Waals surface area contributed by atoms with E-state index in [0.29, 0.717) is 0 Å². The summed E-state index contributed by atoms with van der Waals surface area (Å²) in [6.45, 7) is 1.87. The van der Waals surface area contributed by atoms with Crippen molar-refractivity contribution in [1.82, 2.24) is 9.80 Å². The van der Waals surface area contributed by atoms with Crippen molar-refractivity contribution in [2.75, 3.05) is 27.2 Å². The van der Waals surface area contributed by atoms with E-state index in [1.54, 1.807) is 7.11 Å². The maximum absolute atomic E-state index is 12.5. The Morgan fingerprint density at radius 1 is 1.35 bits per heavy atom. The van der Waals surface area contributed by atoms with Crippen molar-refractivity contribution in [3.8, 4) is 0 Å². The summed E-state index contributed by atoms with van der Waals surface area (Å²) in [7, 11) is 3.76. The lowest BCUT2D eigenvalue weighted by Gasteiger charge is -2.35. The fourth-order valence-corrected chi connectivity index (χ4v) is 3.21. The molecular formula is C12H20N2O3. The minimum atomic E-state index is -0.547. The Kier molecular flexibility index (Phi) is 2.65. The van der Waals surface area contributed by atoms with Crippen molar-refractivity contribution in [2.45, 2.75) is 43.7 Å². The number of hydrogen-bond acceptors (Lipinski definition) is 4. The lowest BCUT2D eigenvalue weighted by Crippen LogP contribution is -2.50. The van der Waals surface area contributed by atoms with Crippen LogP contribution in [0, 0.1) is 0 Å². The molecule has 17 heavy (non-hydrogen) atoms. The third-order valence-corrected chi connectivity index (χ3v) is 4.33. The number of rotatable bonds is 1. The fraction of sp³-hybridized carbons (Fsp3) is 0.917. The predicted octanol–water partition coefficient (Wildman–Crippen LogP) is 0.402. The molecule has 1 spiro atoms. The first-order chi connectivity index (χ1) is 8.16. The highest BCUT2D eigenvalue weighted by Crippen LogP contribution is 2.42. The van der Waals surface area contributed by atoms with Crippen LogP contribution < -0.4 is 0 Å². The van der Waals surface area contributed by atoms with Crippen LogP contribution in [0.3, 0.4) is 0 Å². The molecule has 0 aliphatic carbocycles. The molecule has 3 rings (SSSR count). The van der Waals surface area contributed by atoms with E-state index in [2.05, 4.69) is 11.9 Å². The molecule has 0 aromatic carbocycles. The molecule has 3 heterocycles. The molecule has 0 aromatic heterocycles. The molecule has 5 nitrogen and oxygen atoms in total. The molecule has 3 aliphatic heterocycles. The van der Waals surface area contributed by atoms with Gasteiger partial charge in [0.1, 0.15) is 12.5 Å². The standard InChI is InChI=1S/C12H20N2O3/c1-13-7-5-12(6-8-13)11(15)14-9(16-2)3-4-10(14)17-12/h9-10H,3-8H2,1-2H3. The zero-order valence-corrected chi connectivity index (χ0v) is 10.5. The Balaban J connectivity index is 1.80. The van der Waals surface area contributed by atoms with E-state index in [9.17, 15) is 4.79 Å². The summed E-state index contributed by atoms with van der Waals surface area (Å²) < 4.78 is 11.4. The van der Waals surface area contributed by atoms with Gasteiger partial charge in [-0.3, -0.25) is 9.69 Å². The zero-order valence-electron chi connectivity index (χ0n) is 10.5. The Hall–Kier alpha value is -0.650. The number of likely N-dealkylation sites (tertiary alicyclic amines) is 1. The fourth-order valence-electron chi connectivity index (χ4n) is 3.21. The maximum atomic E-state index is 12.5. The van der Waals surface area contributed by atoms with Crippen molar-refractivity contribution in [1.29, 1.82) is 0 Å². The van der Waals surface area contributed by atoms with E-state index in [4.69, 9.17) is 9.47 Å². The summed E-state index contributed by atoms with van der Waals surface area (Å²) in [6.07, 6.45) is 3.30. The number of nitrogens with zero attached hydrogens (tertiary/aromatic N) is 2.